The van der Waals surface area contributed by atoms with E-state index in [2.05, 4.69) is 63.1 Å². The quantitative estimate of drug-likeness (QED) is 0.625. The molecule has 1 aliphatic rings. The van der Waals surface area contributed by atoms with E-state index in [0.717, 1.165) is 0 Å². The zero-order valence-corrected chi connectivity index (χ0v) is 8.99. The highest BCUT2D eigenvalue weighted by Crippen LogP contribution is 2.20. The van der Waals surface area contributed by atoms with Gasteiger partial charge in [0.15, 0.2) is 0 Å². The maximum Gasteiger partial charge on any atom is 0.0276 e. The van der Waals surface area contributed by atoms with Gasteiger partial charge in [-0.05, 0) is 31.9 Å². The van der Waals surface area contributed by atoms with Crippen molar-refractivity contribution in [2.75, 3.05) is 0 Å². The molecule has 0 aromatic carbocycles. The maximum atomic E-state index is 2.32. The van der Waals surface area contributed by atoms with Gasteiger partial charge in [0.1, 0.15) is 0 Å². The molecule has 72 valence electrons. The van der Waals surface area contributed by atoms with Gasteiger partial charge in [0.05, 0.1) is 0 Å². The number of allylic oxidation sites excluding steroid dienone is 5. The third-order valence-corrected chi connectivity index (χ3v) is 2.18. The first-order valence-electron chi connectivity index (χ1n) is 4.96. The summed E-state index contributed by atoms with van der Waals surface area (Å²) in [6.07, 6.45) is 10.6. The summed E-state index contributed by atoms with van der Waals surface area (Å²) >= 11 is 0. The van der Waals surface area contributed by atoms with E-state index in [0.29, 0.717) is 12.0 Å². The average Bonchev–Trinajstić information content (AvgIpc) is 2.27. The van der Waals surface area contributed by atoms with Crippen molar-refractivity contribution in [2.24, 2.45) is 5.92 Å². The second-order valence-corrected chi connectivity index (χ2v) is 3.97. The largest absolute Gasteiger partial charge is 0.349 e. The van der Waals surface area contributed by atoms with Gasteiger partial charge in [-0.15, -0.1) is 0 Å². The van der Waals surface area contributed by atoms with Crippen LogP contribution in [0.2, 0.25) is 0 Å². The van der Waals surface area contributed by atoms with E-state index in [4.69, 9.17) is 0 Å². The van der Waals surface area contributed by atoms with Crippen LogP contribution in [0.25, 0.3) is 0 Å². The van der Waals surface area contributed by atoms with Gasteiger partial charge in [0.2, 0.25) is 0 Å². The van der Waals surface area contributed by atoms with Gasteiger partial charge in [0.25, 0.3) is 0 Å². The Labute approximate surface area is 81.4 Å². The van der Waals surface area contributed by atoms with Crippen molar-refractivity contribution in [3.8, 4) is 0 Å². The Morgan fingerprint density at radius 2 is 1.69 bits per heavy atom. The lowest BCUT2D eigenvalue weighted by molar-refractivity contribution is 0.349. The molecule has 0 aliphatic carbocycles. The first-order chi connectivity index (χ1) is 6.13. The van der Waals surface area contributed by atoms with Crippen molar-refractivity contribution in [2.45, 2.75) is 33.7 Å². The van der Waals surface area contributed by atoms with Gasteiger partial charge in [0, 0.05) is 17.9 Å². The zero-order chi connectivity index (χ0) is 9.84. The molecule has 1 aliphatic heterocycles. The van der Waals surface area contributed by atoms with Gasteiger partial charge in [-0.25, -0.2) is 0 Å². The van der Waals surface area contributed by atoms with E-state index in [9.17, 15) is 0 Å². The number of rotatable bonds is 2. The molecule has 0 atom stereocenters. The highest BCUT2D eigenvalue weighted by atomic mass is 15.1. The molecule has 0 unspecified atom stereocenters. The van der Waals surface area contributed by atoms with Crippen molar-refractivity contribution < 1.29 is 0 Å². The molecule has 0 radical (unpaired) electrons. The summed E-state index contributed by atoms with van der Waals surface area (Å²) in [5, 5.41) is 0. The van der Waals surface area contributed by atoms with Gasteiger partial charge >= 0.3 is 0 Å². The molecule has 0 N–H and O–H groups in total. The second-order valence-electron chi connectivity index (χ2n) is 3.97. The molecule has 1 heterocycles. The Hall–Kier alpha value is -0.980. The number of nitrogens with zero attached hydrogens (tertiary/aromatic N) is 1. The molecule has 1 nitrogen and oxygen atoms in total. The van der Waals surface area contributed by atoms with Gasteiger partial charge < -0.3 is 4.90 Å². The third-order valence-electron chi connectivity index (χ3n) is 2.18. The Kier molecular flexibility index (Phi) is 3.35. The van der Waals surface area contributed by atoms with Crippen LogP contribution in [0.3, 0.4) is 0 Å². The van der Waals surface area contributed by atoms with Crippen LogP contribution in [0.4, 0.5) is 0 Å². The summed E-state index contributed by atoms with van der Waals surface area (Å²) in [7, 11) is 0. The zero-order valence-electron chi connectivity index (χ0n) is 8.99. The predicted molar refractivity (Wildman–Crippen MR) is 58.2 cm³/mol. The molecule has 0 saturated heterocycles. The van der Waals surface area contributed by atoms with Crippen molar-refractivity contribution in [1.82, 2.24) is 4.90 Å². The maximum absolute atomic E-state index is 2.32. The highest BCUT2D eigenvalue weighted by molar-refractivity contribution is 5.23. The molecule has 0 saturated carbocycles. The van der Waals surface area contributed by atoms with E-state index < -0.39 is 0 Å². The first-order valence-corrected chi connectivity index (χ1v) is 4.96. The van der Waals surface area contributed by atoms with Crippen LogP contribution >= 0.6 is 0 Å². The number of hydrogen-bond acceptors (Lipinski definition) is 1. The molecule has 0 bridgehead atoms. The standard InChI is InChI=1S/C12H19N/c1-10(2)12-8-6-5-7-9-13(12)11(3)4/h5-11H,1-4H3. The minimum absolute atomic E-state index is 0.532. The molecule has 0 aromatic rings. The SMILES string of the molecule is CC(C)C1=CC=CC=CN1C(C)C. The van der Waals surface area contributed by atoms with E-state index in [1.807, 2.05) is 0 Å². The van der Waals surface area contributed by atoms with E-state index >= 15 is 0 Å². The monoisotopic (exact) mass is 177 g/mol. The van der Waals surface area contributed by atoms with E-state index in [-0.39, 0.29) is 0 Å². The summed E-state index contributed by atoms with van der Waals surface area (Å²) in [4.78, 5) is 2.32. The molecular weight excluding hydrogens is 158 g/mol. The lowest BCUT2D eigenvalue weighted by Crippen LogP contribution is -2.26. The van der Waals surface area contributed by atoms with Crippen molar-refractivity contribution in [1.29, 1.82) is 0 Å². The molecule has 1 rings (SSSR count). The highest BCUT2D eigenvalue weighted by Gasteiger charge is 2.13. The molecular formula is C12H19N. The molecule has 13 heavy (non-hydrogen) atoms. The van der Waals surface area contributed by atoms with E-state index in [1.54, 1.807) is 0 Å². The lowest BCUT2D eigenvalue weighted by atomic mass is 10.1. The molecule has 0 spiro atoms. The Balaban J connectivity index is 2.91. The van der Waals surface area contributed by atoms with Crippen LogP contribution in [0, 0.1) is 5.92 Å². The fourth-order valence-corrected chi connectivity index (χ4v) is 1.49. The fourth-order valence-electron chi connectivity index (χ4n) is 1.49. The Morgan fingerprint density at radius 1 is 1.00 bits per heavy atom. The lowest BCUT2D eigenvalue weighted by Gasteiger charge is -2.29. The smallest absolute Gasteiger partial charge is 0.0276 e. The second kappa shape index (κ2) is 4.31. The summed E-state index contributed by atoms with van der Waals surface area (Å²) < 4.78 is 0. The van der Waals surface area contributed by atoms with Crippen LogP contribution in [0.1, 0.15) is 27.7 Å². The molecule has 1 heteroatoms. The number of hydrogen-bond donors (Lipinski definition) is 0. The Morgan fingerprint density at radius 3 is 2.23 bits per heavy atom. The van der Waals surface area contributed by atoms with Crippen LogP contribution in [-0.2, 0) is 0 Å². The van der Waals surface area contributed by atoms with Crippen molar-refractivity contribution in [3.63, 3.8) is 0 Å². The minimum atomic E-state index is 0.532. The summed E-state index contributed by atoms with van der Waals surface area (Å²) in [6, 6.07) is 0.532. The Bertz CT molecular complexity index is 244. The van der Waals surface area contributed by atoms with E-state index in [1.165, 1.54) is 5.70 Å². The minimum Gasteiger partial charge on any atom is -0.349 e. The normalized spacial score (nSPS) is 16.8. The first kappa shape index (κ1) is 10.1. The van der Waals surface area contributed by atoms with Crippen molar-refractivity contribution >= 4 is 0 Å². The predicted octanol–water partition coefficient (Wildman–Crippen LogP) is 3.32. The molecule has 0 aromatic heterocycles. The van der Waals surface area contributed by atoms with Gasteiger partial charge in [-0.1, -0.05) is 26.0 Å². The van der Waals surface area contributed by atoms with Crippen LogP contribution in [0.15, 0.2) is 36.2 Å². The average molecular weight is 177 g/mol. The van der Waals surface area contributed by atoms with Crippen LogP contribution in [0.5, 0.6) is 0 Å². The molecule has 0 fully saturated rings. The third kappa shape index (κ3) is 2.48. The van der Waals surface area contributed by atoms with Crippen molar-refractivity contribution in [3.05, 3.63) is 36.2 Å². The van der Waals surface area contributed by atoms with Gasteiger partial charge in [-0.2, -0.15) is 0 Å². The van der Waals surface area contributed by atoms with Gasteiger partial charge in [-0.3, -0.25) is 0 Å². The summed E-state index contributed by atoms with van der Waals surface area (Å²) in [6.45, 7) is 8.89. The summed E-state index contributed by atoms with van der Waals surface area (Å²) in [5.41, 5.74) is 1.39. The fraction of sp³-hybridized carbons (Fsp3) is 0.500. The van der Waals surface area contributed by atoms with Crippen LogP contribution < -0.4 is 0 Å². The molecule has 0 amide bonds. The summed E-state index contributed by atoms with van der Waals surface area (Å²) in [5.74, 6) is 0.579. The topological polar surface area (TPSA) is 3.24 Å². The van der Waals surface area contributed by atoms with Crippen LogP contribution in [-0.4, -0.2) is 10.9 Å².